The first-order chi connectivity index (χ1) is 14.1. The molecule has 8 heteroatoms. The predicted octanol–water partition coefficient (Wildman–Crippen LogP) is 5.13. The highest BCUT2D eigenvalue weighted by atomic mass is 79.9. The number of fused-ring (bicyclic) bond motifs is 1. The van der Waals surface area contributed by atoms with Crippen LogP contribution in [0.1, 0.15) is 12.5 Å². The molecule has 0 atom stereocenters. The van der Waals surface area contributed by atoms with Crippen molar-refractivity contribution in [2.24, 2.45) is 0 Å². The van der Waals surface area contributed by atoms with E-state index in [1.54, 1.807) is 13.2 Å². The number of aromatic nitrogens is 3. The van der Waals surface area contributed by atoms with Gasteiger partial charge in [0, 0.05) is 28.2 Å². The van der Waals surface area contributed by atoms with Crippen LogP contribution in [0.3, 0.4) is 0 Å². The molecule has 0 saturated carbocycles. The Bertz CT molecular complexity index is 1240. The van der Waals surface area contributed by atoms with Crippen LogP contribution in [0.4, 0.5) is 0 Å². The third-order valence-electron chi connectivity index (χ3n) is 4.53. The minimum atomic E-state index is -0.363. The average molecular weight is 472 g/mol. The van der Waals surface area contributed by atoms with Crippen LogP contribution in [0.15, 0.2) is 67.4 Å². The number of para-hydroxylation sites is 1. The van der Waals surface area contributed by atoms with Crippen LogP contribution in [0.25, 0.3) is 22.4 Å². The first-order valence-corrected chi connectivity index (χ1v) is 10.8. The number of methoxy groups -OCH3 is 1. The summed E-state index contributed by atoms with van der Waals surface area (Å²) in [4.78, 5) is 12.0. The molecule has 0 bridgehead atoms. The van der Waals surface area contributed by atoms with E-state index < -0.39 is 0 Å². The number of ether oxygens (including phenoxy) is 1. The Hall–Kier alpha value is -2.58. The maximum absolute atomic E-state index is 12.0. The molecule has 0 unspecified atom stereocenters. The molecule has 2 aromatic heterocycles. The van der Waals surface area contributed by atoms with Crippen molar-refractivity contribution in [3.8, 4) is 17.1 Å². The second-order valence-electron chi connectivity index (χ2n) is 6.27. The fraction of sp³-hybridized carbons (Fsp3) is 0.190. The van der Waals surface area contributed by atoms with Crippen molar-refractivity contribution < 1.29 is 9.15 Å². The third kappa shape index (κ3) is 3.95. The van der Waals surface area contributed by atoms with Crippen LogP contribution in [-0.2, 0) is 12.3 Å². The van der Waals surface area contributed by atoms with Gasteiger partial charge in [-0.15, -0.1) is 10.2 Å². The molecule has 0 spiro atoms. The zero-order chi connectivity index (χ0) is 20.4. The molecule has 0 aliphatic carbocycles. The van der Waals surface area contributed by atoms with Crippen LogP contribution in [0, 0.1) is 0 Å². The number of thioether (sulfide) groups is 1. The van der Waals surface area contributed by atoms with Gasteiger partial charge in [-0.25, -0.2) is 4.79 Å². The van der Waals surface area contributed by atoms with Gasteiger partial charge in [-0.2, -0.15) is 0 Å². The first kappa shape index (κ1) is 19.7. The zero-order valence-electron chi connectivity index (χ0n) is 15.9. The van der Waals surface area contributed by atoms with Gasteiger partial charge in [0.2, 0.25) is 0 Å². The Morgan fingerprint density at radius 2 is 2.00 bits per heavy atom. The van der Waals surface area contributed by atoms with E-state index in [1.807, 2.05) is 41.0 Å². The van der Waals surface area contributed by atoms with E-state index in [0.29, 0.717) is 17.9 Å². The fourth-order valence-electron chi connectivity index (χ4n) is 3.17. The van der Waals surface area contributed by atoms with Crippen molar-refractivity contribution >= 4 is 38.7 Å². The lowest BCUT2D eigenvalue weighted by molar-refractivity contribution is 0.416. The van der Waals surface area contributed by atoms with Crippen LogP contribution in [-0.4, -0.2) is 21.9 Å². The van der Waals surface area contributed by atoms with Crippen molar-refractivity contribution in [2.45, 2.75) is 24.4 Å². The molecule has 0 fully saturated rings. The van der Waals surface area contributed by atoms with Crippen LogP contribution in [0.2, 0.25) is 0 Å². The first-order valence-electron chi connectivity index (χ1n) is 9.02. The van der Waals surface area contributed by atoms with Crippen molar-refractivity contribution in [1.29, 1.82) is 0 Å². The molecule has 0 aliphatic rings. The monoisotopic (exact) mass is 471 g/mol. The predicted molar refractivity (Wildman–Crippen MR) is 117 cm³/mol. The van der Waals surface area contributed by atoms with Gasteiger partial charge in [0.15, 0.2) is 11.0 Å². The summed E-state index contributed by atoms with van der Waals surface area (Å²) in [5, 5.41) is 10.5. The lowest BCUT2D eigenvalue weighted by Gasteiger charge is -2.10. The average Bonchev–Trinajstić information content (AvgIpc) is 3.14. The van der Waals surface area contributed by atoms with Crippen molar-refractivity contribution in [2.75, 3.05) is 7.11 Å². The minimum absolute atomic E-state index is 0.363. The van der Waals surface area contributed by atoms with Crippen molar-refractivity contribution in [3.63, 3.8) is 0 Å². The van der Waals surface area contributed by atoms with E-state index in [0.717, 1.165) is 37.7 Å². The van der Waals surface area contributed by atoms with Crippen LogP contribution < -0.4 is 10.4 Å². The Morgan fingerprint density at radius 1 is 1.17 bits per heavy atom. The summed E-state index contributed by atoms with van der Waals surface area (Å²) in [5.74, 6) is 2.09. The highest BCUT2D eigenvalue weighted by Gasteiger charge is 2.17. The highest BCUT2D eigenvalue weighted by Crippen LogP contribution is 2.32. The second kappa shape index (κ2) is 8.42. The molecule has 0 aliphatic heterocycles. The molecule has 0 saturated heterocycles. The van der Waals surface area contributed by atoms with Gasteiger partial charge in [0.1, 0.15) is 11.3 Å². The lowest BCUT2D eigenvalue weighted by atomic mass is 10.1. The zero-order valence-corrected chi connectivity index (χ0v) is 18.3. The van der Waals surface area contributed by atoms with E-state index in [-0.39, 0.29) is 5.63 Å². The van der Waals surface area contributed by atoms with Crippen molar-refractivity contribution in [1.82, 2.24) is 14.8 Å². The molecule has 0 radical (unpaired) electrons. The maximum Gasteiger partial charge on any atom is 0.336 e. The summed E-state index contributed by atoms with van der Waals surface area (Å²) in [6.07, 6.45) is 0. The number of nitrogens with zero attached hydrogens (tertiary/aromatic N) is 3. The van der Waals surface area contributed by atoms with Crippen LogP contribution in [0.5, 0.6) is 5.75 Å². The molecule has 0 N–H and O–H groups in total. The van der Waals surface area contributed by atoms with E-state index in [4.69, 9.17) is 9.15 Å². The third-order valence-corrected chi connectivity index (χ3v) is 6.04. The molecule has 2 aromatic carbocycles. The fourth-order valence-corrected chi connectivity index (χ4v) is 4.51. The van der Waals surface area contributed by atoms with Gasteiger partial charge in [0.25, 0.3) is 0 Å². The normalized spacial score (nSPS) is 11.1. The van der Waals surface area contributed by atoms with Crippen molar-refractivity contribution in [3.05, 3.63) is 69.0 Å². The quantitative estimate of drug-likeness (QED) is 0.286. The Labute approximate surface area is 180 Å². The topological polar surface area (TPSA) is 70.2 Å². The number of hydrogen-bond acceptors (Lipinski definition) is 6. The summed E-state index contributed by atoms with van der Waals surface area (Å²) in [5.41, 5.74) is 2.00. The molecule has 0 amide bonds. The Morgan fingerprint density at radius 3 is 2.79 bits per heavy atom. The largest absolute Gasteiger partial charge is 0.496 e. The Kier molecular flexibility index (Phi) is 5.73. The summed E-state index contributed by atoms with van der Waals surface area (Å²) in [6.45, 7) is 2.77. The van der Waals surface area contributed by atoms with Crippen LogP contribution >= 0.6 is 27.7 Å². The molecule has 4 aromatic rings. The SMILES string of the molecule is CCn1c(SCc2cc(=O)oc3cc(Br)ccc23)nnc1-c1ccccc1OC. The second-order valence-corrected chi connectivity index (χ2v) is 8.13. The molecule has 6 nitrogen and oxygen atoms in total. The summed E-state index contributed by atoms with van der Waals surface area (Å²) < 4.78 is 13.7. The number of hydrogen-bond donors (Lipinski definition) is 0. The maximum atomic E-state index is 12.0. The molecular formula is C21H18BrN3O3S. The molecule has 148 valence electrons. The molecule has 29 heavy (non-hydrogen) atoms. The van der Waals surface area contributed by atoms with Gasteiger partial charge < -0.3 is 13.7 Å². The van der Waals surface area contributed by atoms with E-state index >= 15 is 0 Å². The summed E-state index contributed by atoms with van der Waals surface area (Å²) in [7, 11) is 1.64. The van der Waals surface area contributed by atoms with Gasteiger partial charge in [-0.3, -0.25) is 0 Å². The molecule has 4 rings (SSSR count). The van der Waals surface area contributed by atoms with Gasteiger partial charge >= 0.3 is 5.63 Å². The number of halogens is 1. The molecular weight excluding hydrogens is 454 g/mol. The van der Waals surface area contributed by atoms with Gasteiger partial charge in [0.05, 0.1) is 12.7 Å². The summed E-state index contributed by atoms with van der Waals surface area (Å²) in [6, 6.07) is 15.0. The summed E-state index contributed by atoms with van der Waals surface area (Å²) >= 11 is 4.95. The number of benzene rings is 2. The van der Waals surface area contributed by atoms with E-state index in [1.165, 1.54) is 17.8 Å². The smallest absolute Gasteiger partial charge is 0.336 e. The molecule has 2 heterocycles. The van der Waals surface area contributed by atoms with E-state index in [2.05, 4.69) is 33.1 Å². The Balaban J connectivity index is 1.67. The lowest BCUT2D eigenvalue weighted by Crippen LogP contribution is -2.02. The minimum Gasteiger partial charge on any atom is -0.496 e. The highest BCUT2D eigenvalue weighted by molar-refractivity contribution is 9.10. The van der Waals surface area contributed by atoms with Gasteiger partial charge in [-0.05, 0) is 42.8 Å². The van der Waals surface area contributed by atoms with E-state index in [9.17, 15) is 4.79 Å². The van der Waals surface area contributed by atoms with Gasteiger partial charge in [-0.1, -0.05) is 39.8 Å². The standard InChI is InChI=1S/C21H18BrN3O3S/c1-3-25-20(16-6-4-5-7-17(16)27-2)23-24-21(25)29-12-13-10-19(26)28-18-11-14(22)8-9-15(13)18/h4-11H,3,12H2,1-2H3. The number of rotatable bonds is 6.